The molecule has 0 aliphatic carbocycles. The summed E-state index contributed by atoms with van der Waals surface area (Å²) < 4.78 is 4.53. The standard InChI is InChI=1S/C21H27N3OS/c1-14(2)7-9-17(6-5-11-22)16(4)18(13-25)21-23-19-10-8-15(3)12-20(19)26-24-21/h5-6,8,10-14H,7,9,22H2,1-4H3,(H,23,24)/b11-5-,17-6+,18-16+. The first-order valence-electron chi connectivity index (χ1n) is 8.83. The van der Waals surface area contributed by atoms with Gasteiger partial charge in [0.2, 0.25) is 0 Å². The number of hydrogen-bond acceptors (Lipinski definition) is 5. The van der Waals surface area contributed by atoms with Gasteiger partial charge in [-0.1, -0.05) is 26.0 Å². The Hall–Kier alpha value is -2.27. The van der Waals surface area contributed by atoms with Crippen LogP contribution in [0.4, 0.5) is 5.69 Å². The second kappa shape index (κ2) is 9.43. The highest BCUT2D eigenvalue weighted by Gasteiger charge is 2.19. The minimum Gasteiger partial charge on any atom is -0.405 e. The van der Waals surface area contributed by atoms with Crippen LogP contribution in [0.3, 0.4) is 0 Å². The maximum absolute atomic E-state index is 11.9. The second-order valence-electron chi connectivity index (χ2n) is 6.82. The van der Waals surface area contributed by atoms with Crippen molar-refractivity contribution in [3.8, 4) is 0 Å². The molecule has 4 nitrogen and oxygen atoms in total. The van der Waals surface area contributed by atoms with Crippen molar-refractivity contribution in [2.24, 2.45) is 16.0 Å². The molecule has 0 bridgehead atoms. The molecule has 1 aliphatic heterocycles. The molecule has 0 atom stereocenters. The van der Waals surface area contributed by atoms with Crippen molar-refractivity contribution in [2.45, 2.75) is 45.4 Å². The van der Waals surface area contributed by atoms with Crippen LogP contribution in [0.5, 0.6) is 0 Å². The van der Waals surface area contributed by atoms with E-state index in [9.17, 15) is 4.79 Å². The molecule has 0 aromatic heterocycles. The molecule has 0 amide bonds. The molecule has 5 heteroatoms. The number of amidine groups is 1. The van der Waals surface area contributed by atoms with Gasteiger partial charge in [-0.15, -0.1) is 0 Å². The highest BCUT2D eigenvalue weighted by molar-refractivity contribution is 7.98. The van der Waals surface area contributed by atoms with Gasteiger partial charge in [-0.05, 0) is 73.7 Å². The van der Waals surface area contributed by atoms with Gasteiger partial charge >= 0.3 is 0 Å². The van der Waals surface area contributed by atoms with Gasteiger partial charge in [0.15, 0.2) is 6.29 Å². The number of anilines is 1. The predicted molar refractivity (Wildman–Crippen MR) is 112 cm³/mol. The largest absolute Gasteiger partial charge is 0.405 e. The number of hydrogen-bond donors (Lipinski definition) is 2. The average molecular weight is 370 g/mol. The van der Waals surface area contributed by atoms with Gasteiger partial charge < -0.3 is 11.1 Å². The summed E-state index contributed by atoms with van der Waals surface area (Å²) in [6.45, 7) is 8.41. The monoisotopic (exact) mass is 369 g/mol. The molecule has 1 aromatic carbocycles. The number of rotatable bonds is 7. The molecular formula is C21H27N3OS. The van der Waals surface area contributed by atoms with Crippen LogP contribution in [0.25, 0.3) is 0 Å². The topological polar surface area (TPSA) is 67.5 Å². The molecule has 0 saturated heterocycles. The summed E-state index contributed by atoms with van der Waals surface area (Å²) in [4.78, 5) is 12.9. The Labute approximate surface area is 160 Å². The van der Waals surface area contributed by atoms with E-state index in [-0.39, 0.29) is 0 Å². The minimum atomic E-state index is 0.587. The zero-order valence-corrected chi connectivity index (χ0v) is 16.7. The van der Waals surface area contributed by atoms with E-state index in [4.69, 9.17) is 5.73 Å². The molecule has 138 valence electrons. The van der Waals surface area contributed by atoms with Gasteiger partial charge in [-0.3, -0.25) is 4.79 Å². The van der Waals surface area contributed by atoms with Crippen molar-refractivity contribution in [1.29, 1.82) is 0 Å². The molecule has 0 saturated carbocycles. The van der Waals surface area contributed by atoms with Crippen LogP contribution in [0.2, 0.25) is 0 Å². The van der Waals surface area contributed by atoms with E-state index < -0.39 is 0 Å². The van der Waals surface area contributed by atoms with Crippen LogP contribution in [0.15, 0.2) is 62.6 Å². The van der Waals surface area contributed by atoms with E-state index in [1.54, 1.807) is 0 Å². The summed E-state index contributed by atoms with van der Waals surface area (Å²) in [5.41, 5.74) is 10.3. The van der Waals surface area contributed by atoms with Gasteiger partial charge in [0.25, 0.3) is 0 Å². The van der Waals surface area contributed by atoms with Crippen LogP contribution in [0.1, 0.15) is 39.2 Å². The lowest BCUT2D eigenvalue weighted by atomic mass is 9.94. The molecule has 1 heterocycles. The maximum atomic E-state index is 11.9. The first-order valence-corrected chi connectivity index (χ1v) is 9.60. The Morgan fingerprint density at radius 2 is 2.15 bits per heavy atom. The lowest BCUT2D eigenvalue weighted by molar-refractivity contribution is -0.104. The fourth-order valence-electron chi connectivity index (χ4n) is 2.68. The van der Waals surface area contributed by atoms with Crippen LogP contribution < -0.4 is 11.1 Å². The van der Waals surface area contributed by atoms with Crippen molar-refractivity contribution < 1.29 is 4.79 Å². The maximum Gasteiger partial charge on any atom is 0.154 e. The summed E-state index contributed by atoms with van der Waals surface area (Å²) in [5, 5.41) is 3.30. The fourth-order valence-corrected chi connectivity index (χ4v) is 3.47. The predicted octanol–water partition coefficient (Wildman–Crippen LogP) is 5.18. The molecule has 0 unspecified atom stereocenters. The number of nitrogens with zero attached hydrogens (tertiary/aromatic N) is 1. The average Bonchev–Trinajstić information content (AvgIpc) is 2.62. The lowest BCUT2D eigenvalue weighted by Gasteiger charge is -2.20. The number of nitrogens with two attached hydrogens (primary N) is 1. The molecule has 0 fully saturated rings. The number of nitrogens with one attached hydrogen (secondary N) is 1. The molecule has 26 heavy (non-hydrogen) atoms. The van der Waals surface area contributed by atoms with Gasteiger partial charge in [0.05, 0.1) is 16.2 Å². The highest BCUT2D eigenvalue weighted by Crippen LogP contribution is 2.34. The Balaban J connectivity index is 2.35. The van der Waals surface area contributed by atoms with Crippen LogP contribution in [0, 0.1) is 12.8 Å². The van der Waals surface area contributed by atoms with E-state index in [0.29, 0.717) is 17.3 Å². The Bertz CT molecular complexity index is 788. The quantitative estimate of drug-likeness (QED) is 0.301. The SMILES string of the molecule is CC(=C(/C=O)C1=NSc2cc(C)ccc2N1)/C(=C/C=C\N)CCC(C)C. The van der Waals surface area contributed by atoms with Crippen molar-refractivity contribution in [1.82, 2.24) is 0 Å². The Kier molecular flexibility index (Phi) is 7.27. The first-order chi connectivity index (χ1) is 12.5. The zero-order valence-electron chi connectivity index (χ0n) is 15.9. The second-order valence-corrected chi connectivity index (χ2v) is 7.63. The number of benzene rings is 1. The van der Waals surface area contributed by atoms with Gasteiger partial charge in [0, 0.05) is 11.9 Å². The number of aldehydes is 1. The molecule has 3 N–H and O–H groups in total. The number of aryl methyl sites for hydroxylation is 1. The fraction of sp³-hybridized carbons (Fsp3) is 0.333. The number of fused-ring (bicyclic) bond motifs is 1. The molecule has 1 aliphatic rings. The smallest absolute Gasteiger partial charge is 0.154 e. The Morgan fingerprint density at radius 3 is 2.81 bits per heavy atom. The third-order valence-corrected chi connectivity index (χ3v) is 5.09. The van der Waals surface area contributed by atoms with E-state index in [2.05, 4.69) is 36.6 Å². The number of carbonyl (C=O) groups excluding carboxylic acids is 1. The van der Waals surface area contributed by atoms with Gasteiger partial charge in [-0.2, -0.15) is 4.40 Å². The summed E-state index contributed by atoms with van der Waals surface area (Å²) in [5.74, 6) is 1.19. The van der Waals surface area contributed by atoms with Crippen LogP contribution in [-0.4, -0.2) is 12.1 Å². The van der Waals surface area contributed by atoms with Crippen molar-refractivity contribution >= 4 is 29.8 Å². The van der Waals surface area contributed by atoms with E-state index in [0.717, 1.165) is 40.9 Å². The Morgan fingerprint density at radius 1 is 1.38 bits per heavy atom. The molecule has 0 spiro atoms. The summed E-state index contributed by atoms with van der Waals surface area (Å²) in [7, 11) is 0. The molecule has 0 radical (unpaired) electrons. The highest BCUT2D eigenvalue weighted by atomic mass is 32.2. The number of allylic oxidation sites excluding steroid dienone is 4. The van der Waals surface area contributed by atoms with E-state index in [1.165, 1.54) is 23.7 Å². The number of carbonyl (C=O) groups is 1. The van der Waals surface area contributed by atoms with E-state index >= 15 is 0 Å². The van der Waals surface area contributed by atoms with Crippen molar-refractivity contribution in [3.05, 3.63) is 58.8 Å². The third-order valence-electron chi connectivity index (χ3n) is 4.28. The van der Waals surface area contributed by atoms with Gasteiger partial charge in [0.1, 0.15) is 5.84 Å². The summed E-state index contributed by atoms with van der Waals surface area (Å²) >= 11 is 1.40. The molecule has 1 aromatic rings. The zero-order chi connectivity index (χ0) is 19.1. The third kappa shape index (κ3) is 5.11. The summed E-state index contributed by atoms with van der Waals surface area (Å²) in [6, 6.07) is 6.16. The van der Waals surface area contributed by atoms with Crippen LogP contribution >= 0.6 is 11.9 Å². The molecule has 2 rings (SSSR count). The normalized spacial score (nSPS) is 15.4. The van der Waals surface area contributed by atoms with Gasteiger partial charge in [-0.25, -0.2) is 0 Å². The van der Waals surface area contributed by atoms with Crippen molar-refractivity contribution in [2.75, 3.05) is 5.32 Å². The van der Waals surface area contributed by atoms with Crippen LogP contribution in [-0.2, 0) is 4.79 Å². The van der Waals surface area contributed by atoms with Crippen molar-refractivity contribution in [3.63, 3.8) is 0 Å². The molecular weight excluding hydrogens is 342 g/mol. The first kappa shape index (κ1) is 20.0. The lowest BCUT2D eigenvalue weighted by Crippen LogP contribution is -2.20. The summed E-state index contributed by atoms with van der Waals surface area (Å²) in [6.07, 6.45) is 8.12. The van der Waals surface area contributed by atoms with E-state index in [1.807, 2.05) is 31.2 Å². The minimum absolute atomic E-state index is 0.587.